The number of amides is 3. The molecule has 0 saturated heterocycles. The van der Waals surface area contributed by atoms with Gasteiger partial charge in [0.05, 0.1) is 6.20 Å². The van der Waals surface area contributed by atoms with Crippen molar-refractivity contribution in [2.75, 3.05) is 10.3 Å². The molecular weight excluding hydrogens is 238 g/mol. The zero-order valence-corrected chi connectivity index (χ0v) is 8.60. The molecule has 10 heteroatoms. The third-order valence-corrected chi connectivity index (χ3v) is 1.74. The highest BCUT2D eigenvalue weighted by molar-refractivity contribution is 6.32. The Morgan fingerprint density at radius 1 is 1.62 bits per heavy atom. The summed E-state index contributed by atoms with van der Waals surface area (Å²) < 4.78 is 0. The largest absolute Gasteiger partial charge is 0.351 e. The molecule has 0 spiro atoms. The Balaban J connectivity index is 2.98. The molecule has 0 aliphatic rings. The summed E-state index contributed by atoms with van der Waals surface area (Å²) in [7, 11) is 0. The molecule has 0 atom stereocenters. The SMILES string of the molecule is NNC(=O)N(N)c1ncc(NC=O)nc1Cl. The lowest BCUT2D eigenvalue weighted by atomic mass is 10.6. The van der Waals surface area contributed by atoms with E-state index in [9.17, 15) is 9.59 Å². The number of urea groups is 1. The average Bonchev–Trinajstić information content (AvgIpc) is 2.28. The number of nitrogens with zero attached hydrogens (tertiary/aromatic N) is 3. The monoisotopic (exact) mass is 245 g/mol. The van der Waals surface area contributed by atoms with Crippen LogP contribution in [0.25, 0.3) is 0 Å². The van der Waals surface area contributed by atoms with Crippen molar-refractivity contribution in [3.63, 3.8) is 0 Å². The van der Waals surface area contributed by atoms with Crippen molar-refractivity contribution in [1.29, 1.82) is 0 Å². The number of carbonyl (C=O) groups is 2. The van der Waals surface area contributed by atoms with E-state index in [1.54, 1.807) is 5.43 Å². The van der Waals surface area contributed by atoms with Gasteiger partial charge in [-0.15, -0.1) is 0 Å². The van der Waals surface area contributed by atoms with Crippen molar-refractivity contribution in [2.45, 2.75) is 0 Å². The summed E-state index contributed by atoms with van der Waals surface area (Å²) >= 11 is 5.69. The molecule has 9 nitrogen and oxygen atoms in total. The van der Waals surface area contributed by atoms with Crippen LogP contribution in [-0.4, -0.2) is 22.4 Å². The summed E-state index contributed by atoms with van der Waals surface area (Å²) in [6, 6.07) is -0.813. The third-order valence-electron chi connectivity index (χ3n) is 1.49. The van der Waals surface area contributed by atoms with Crippen LogP contribution in [-0.2, 0) is 4.79 Å². The van der Waals surface area contributed by atoms with E-state index in [0.717, 1.165) is 0 Å². The van der Waals surface area contributed by atoms with Gasteiger partial charge in [-0.05, 0) is 0 Å². The number of nitrogens with two attached hydrogens (primary N) is 2. The first-order valence-electron chi connectivity index (χ1n) is 3.88. The smallest absolute Gasteiger partial charge is 0.312 e. The normalized spacial score (nSPS) is 9.44. The van der Waals surface area contributed by atoms with Gasteiger partial charge in [0.15, 0.2) is 16.8 Å². The molecule has 1 rings (SSSR count). The quantitative estimate of drug-likeness (QED) is 0.232. The van der Waals surface area contributed by atoms with Gasteiger partial charge < -0.3 is 5.32 Å². The summed E-state index contributed by atoms with van der Waals surface area (Å²) in [6.45, 7) is 0. The predicted molar refractivity (Wildman–Crippen MR) is 56.1 cm³/mol. The van der Waals surface area contributed by atoms with Crippen LogP contribution in [0.3, 0.4) is 0 Å². The van der Waals surface area contributed by atoms with E-state index in [0.29, 0.717) is 11.4 Å². The second kappa shape index (κ2) is 5.21. The highest BCUT2D eigenvalue weighted by Crippen LogP contribution is 2.20. The Hall–Kier alpha value is -1.97. The lowest BCUT2D eigenvalue weighted by Crippen LogP contribution is -2.48. The van der Waals surface area contributed by atoms with Gasteiger partial charge >= 0.3 is 6.03 Å². The minimum absolute atomic E-state index is 0.0962. The van der Waals surface area contributed by atoms with Crippen LogP contribution >= 0.6 is 11.6 Å². The third kappa shape index (κ3) is 2.53. The molecule has 0 fully saturated rings. The first-order valence-corrected chi connectivity index (χ1v) is 4.26. The van der Waals surface area contributed by atoms with Gasteiger partial charge in [0, 0.05) is 0 Å². The van der Waals surface area contributed by atoms with E-state index >= 15 is 0 Å². The Morgan fingerprint density at radius 3 is 2.81 bits per heavy atom. The number of hydrogen-bond donors (Lipinski definition) is 4. The van der Waals surface area contributed by atoms with Gasteiger partial charge in [-0.3, -0.25) is 10.2 Å². The predicted octanol–water partition coefficient (Wildman–Crippen LogP) is -1.04. The Labute approximate surface area is 94.7 Å². The van der Waals surface area contributed by atoms with Crippen LogP contribution < -0.4 is 27.4 Å². The number of hydrogen-bond acceptors (Lipinski definition) is 6. The van der Waals surface area contributed by atoms with Gasteiger partial charge in [-0.25, -0.2) is 31.5 Å². The van der Waals surface area contributed by atoms with E-state index < -0.39 is 6.03 Å². The molecule has 16 heavy (non-hydrogen) atoms. The maximum atomic E-state index is 11.0. The van der Waals surface area contributed by atoms with Gasteiger partial charge in [0.1, 0.15) is 0 Å². The second-order valence-electron chi connectivity index (χ2n) is 2.45. The number of aromatic nitrogens is 2. The molecule has 3 amide bonds. The number of anilines is 2. The van der Waals surface area contributed by atoms with Crippen LogP contribution in [0, 0.1) is 0 Å². The van der Waals surface area contributed by atoms with Crippen LogP contribution in [0.4, 0.5) is 16.4 Å². The van der Waals surface area contributed by atoms with E-state index in [-0.39, 0.29) is 16.8 Å². The van der Waals surface area contributed by atoms with Gasteiger partial charge in [-0.2, -0.15) is 0 Å². The minimum atomic E-state index is -0.813. The van der Waals surface area contributed by atoms with Crippen LogP contribution in [0.5, 0.6) is 0 Å². The first kappa shape index (κ1) is 12.1. The van der Waals surface area contributed by atoms with Crippen molar-refractivity contribution < 1.29 is 9.59 Å². The molecular formula is C6H8ClN7O2. The van der Waals surface area contributed by atoms with E-state index in [4.69, 9.17) is 23.3 Å². The van der Waals surface area contributed by atoms with Gasteiger partial charge in [0.25, 0.3) is 0 Å². The summed E-state index contributed by atoms with van der Waals surface area (Å²) in [4.78, 5) is 28.6. The zero-order valence-electron chi connectivity index (χ0n) is 7.85. The Morgan fingerprint density at radius 2 is 2.31 bits per heavy atom. The molecule has 1 heterocycles. The fourth-order valence-electron chi connectivity index (χ4n) is 0.817. The van der Waals surface area contributed by atoms with Crippen LogP contribution in [0.1, 0.15) is 0 Å². The van der Waals surface area contributed by atoms with Crippen molar-refractivity contribution in [3.8, 4) is 0 Å². The zero-order chi connectivity index (χ0) is 12.1. The molecule has 86 valence electrons. The minimum Gasteiger partial charge on any atom is -0.312 e. The standard InChI is InChI=1S/C6H8ClN7O2/c7-4-5(14(9)6(16)13-8)10-1-3(12-4)11-2-15/h1-2H,8-9H2,(H,13,16)(H,11,12,15). The molecule has 1 aromatic rings. The molecule has 0 radical (unpaired) electrons. The van der Waals surface area contributed by atoms with E-state index in [1.165, 1.54) is 6.20 Å². The van der Waals surface area contributed by atoms with Crippen molar-refractivity contribution in [3.05, 3.63) is 11.3 Å². The molecule has 1 aromatic heterocycles. The number of carbonyl (C=O) groups excluding carboxylic acids is 2. The van der Waals surface area contributed by atoms with Gasteiger partial charge in [-0.1, -0.05) is 11.6 Å². The highest BCUT2D eigenvalue weighted by Gasteiger charge is 2.16. The van der Waals surface area contributed by atoms with Crippen molar-refractivity contribution in [1.82, 2.24) is 15.4 Å². The van der Waals surface area contributed by atoms with Crippen LogP contribution in [0.15, 0.2) is 6.20 Å². The molecule has 0 aliphatic carbocycles. The summed E-state index contributed by atoms with van der Waals surface area (Å²) in [6.07, 6.45) is 1.59. The van der Waals surface area contributed by atoms with Crippen molar-refractivity contribution >= 4 is 35.7 Å². The summed E-state index contributed by atoms with van der Waals surface area (Å²) in [5.41, 5.74) is 1.79. The molecule has 0 saturated carbocycles. The number of halogens is 1. The molecule has 0 aliphatic heterocycles. The molecule has 0 aromatic carbocycles. The van der Waals surface area contributed by atoms with Crippen LogP contribution in [0.2, 0.25) is 5.15 Å². The lowest BCUT2D eigenvalue weighted by molar-refractivity contribution is -0.105. The van der Waals surface area contributed by atoms with Gasteiger partial charge in [0.2, 0.25) is 6.41 Å². The number of hydrazine groups is 2. The number of nitrogens with one attached hydrogen (secondary N) is 2. The Bertz CT molecular complexity index is 412. The second-order valence-corrected chi connectivity index (χ2v) is 2.81. The van der Waals surface area contributed by atoms with E-state index in [2.05, 4.69) is 15.3 Å². The van der Waals surface area contributed by atoms with E-state index in [1.807, 2.05) is 0 Å². The fraction of sp³-hybridized carbons (Fsp3) is 0. The molecule has 6 N–H and O–H groups in total. The van der Waals surface area contributed by atoms with Crippen molar-refractivity contribution in [2.24, 2.45) is 11.7 Å². The summed E-state index contributed by atoms with van der Waals surface area (Å²) in [5.74, 6) is 10.2. The Kier molecular flexibility index (Phi) is 3.94. The first-order chi connectivity index (χ1) is 7.60. The maximum absolute atomic E-state index is 11.0. The highest BCUT2D eigenvalue weighted by atomic mass is 35.5. The number of rotatable bonds is 3. The maximum Gasteiger partial charge on any atom is 0.351 e. The summed E-state index contributed by atoms with van der Waals surface area (Å²) in [5, 5.41) is 2.66. The molecule has 0 bridgehead atoms. The topological polar surface area (TPSA) is 139 Å². The lowest BCUT2D eigenvalue weighted by Gasteiger charge is -2.15. The average molecular weight is 246 g/mol. The fourth-order valence-corrected chi connectivity index (χ4v) is 1.05. The molecule has 0 unspecified atom stereocenters.